The van der Waals surface area contributed by atoms with Crippen LogP contribution in [0.25, 0.3) is 11.0 Å². The van der Waals surface area contributed by atoms with Gasteiger partial charge in [0.2, 0.25) is 0 Å². The smallest absolute Gasteiger partial charge is 0.349 e. The molecular weight excluding hydrogens is 308 g/mol. The largest absolute Gasteiger partial charge is 0.482 e. The third kappa shape index (κ3) is 3.46. The van der Waals surface area contributed by atoms with Crippen LogP contribution in [0.3, 0.4) is 0 Å². The fourth-order valence-corrected chi connectivity index (χ4v) is 2.28. The zero-order valence-electron chi connectivity index (χ0n) is 13.4. The summed E-state index contributed by atoms with van der Waals surface area (Å²) in [6.07, 6.45) is 0. The molecule has 0 spiro atoms. The predicted molar refractivity (Wildman–Crippen MR) is 89.5 cm³/mol. The number of carbonyl (C=O) groups excluding carboxylic acids is 1. The second kappa shape index (κ2) is 6.58. The predicted octanol–water partition coefficient (Wildman–Crippen LogP) is 3.39. The fraction of sp³-hybridized carbons (Fsp3) is 0.158. The average Bonchev–Trinajstić information content (AvgIpc) is 2.56. The van der Waals surface area contributed by atoms with Crippen LogP contribution in [0, 0.1) is 13.8 Å². The lowest BCUT2D eigenvalue weighted by Gasteiger charge is -2.10. The Morgan fingerprint density at radius 1 is 1.08 bits per heavy atom. The van der Waals surface area contributed by atoms with Gasteiger partial charge >= 0.3 is 11.6 Å². The zero-order valence-corrected chi connectivity index (χ0v) is 13.4. The lowest BCUT2D eigenvalue weighted by Crippen LogP contribution is -2.18. The number of fused-ring (bicyclic) bond motifs is 1. The van der Waals surface area contributed by atoms with Crippen molar-refractivity contribution in [3.05, 3.63) is 70.1 Å². The molecule has 0 fully saturated rings. The van der Waals surface area contributed by atoms with Crippen molar-refractivity contribution in [2.24, 2.45) is 0 Å². The van der Waals surface area contributed by atoms with E-state index in [0.717, 1.165) is 16.5 Å². The minimum atomic E-state index is -0.534. The lowest BCUT2D eigenvalue weighted by molar-refractivity contribution is -0.136. The van der Waals surface area contributed by atoms with Crippen molar-refractivity contribution >= 4 is 16.9 Å². The Balaban J connectivity index is 1.68. The summed E-state index contributed by atoms with van der Waals surface area (Å²) in [6.45, 7) is 3.70. The summed E-state index contributed by atoms with van der Waals surface area (Å²) in [4.78, 5) is 23.2. The van der Waals surface area contributed by atoms with E-state index >= 15 is 0 Å². The van der Waals surface area contributed by atoms with Gasteiger partial charge < -0.3 is 13.9 Å². The first-order valence-corrected chi connectivity index (χ1v) is 7.46. The van der Waals surface area contributed by atoms with Crippen molar-refractivity contribution in [1.82, 2.24) is 0 Å². The van der Waals surface area contributed by atoms with E-state index in [1.165, 1.54) is 12.1 Å². The third-order valence-corrected chi connectivity index (χ3v) is 3.73. The van der Waals surface area contributed by atoms with Crippen LogP contribution in [0.4, 0.5) is 0 Å². The molecule has 0 amide bonds. The molecule has 0 bridgehead atoms. The summed E-state index contributed by atoms with van der Waals surface area (Å²) in [5, 5.41) is 0.751. The molecule has 122 valence electrons. The molecule has 3 rings (SSSR count). The molecular formula is C19H16O5. The molecule has 3 aromatic rings. The van der Waals surface area contributed by atoms with Crippen LogP contribution in [0.15, 0.2) is 57.7 Å². The number of rotatable bonds is 4. The highest BCUT2D eigenvalue weighted by Gasteiger charge is 2.09. The number of aryl methyl sites for hydroxylation is 1. The molecule has 5 heteroatoms. The Bertz CT molecular complexity index is 955. The highest BCUT2D eigenvalue weighted by atomic mass is 16.6. The number of carbonyl (C=O) groups is 1. The molecule has 1 aromatic heterocycles. The number of benzene rings is 2. The van der Waals surface area contributed by atoms with Crippen LogP contribution >= 0.6 is 0 Å². The van der Waals surface area contributed by atoms with Gasteiger partial charge in [0.15, 0.2) is 6.61 Å². The maximum Gasteiger partial charge on any atom is 0.349 e. The zero-order chi connectivity index (χ0) is 17.1. The maximum absolute atomic E-state index is 11.9. The summed E-state index contributed by atoms with van der Waals surface area (Å²) < 4.78 is 15.8. The summed E-state index contributed by atoms with van der Waals surface area (Å²) in [7, 11) is 0. The standard InChI is InChI=1S/C19H16O5/c1-12-4-3-5-16(13(12)2)22-11-19(21)23-15-8-6-14-7-9-18(20)24-17(14)10-15/h3-10H,11H2,1-2H3. The van der Waals surface area contributed by atoms with Gasteiger partial charge in [-0.1, -0.05) is 12.1 Å². The Morgan fingerprint density at radius 2 is 1.88 bits per heavy atom. The molecule has 0 unspecified atom stereocenters. The van der Waals surface area contributed by atoms with Crippen LogP contribution in [-0.4, -0.2) is 12.6 Å². The van der Waals surface area contributed by atoms with Gasteiger partial charge in [-0.2, -0.15) is 0 Å². The van der Waals surface area contributed by atoms with E-state index in [2.05, 4.69) is 0 Å². The van der Waals surface area contributed by atoms with E-state index in [-0.39, 0.29) is 6.61 Å². The highest BCUT2D eigenvalue weighted by molar-refractivity contribution is 5.80. The minimum Gasteiger partial charge on any atom is -0.482 e. The van der Waals surface area contributed by atoms with Crippen LogP contribution < -0.4 is 15.1 Å². The topological polar surface area (TPSA) is 65.7 Å². The van der Waals surface area contributed by atoms with Gasteiger partial charge in [0.1, 0.15) is 17.1 Å². The molecule has 0 saturated carbocycles. The molecule has 0 aliphatic carbocycles. The van der Waals surface area contributed by atoms with Gasteiger partial charge in [-0.05, 0) is 49.2 Å². The van der Waals surface area contributed by atoms with Crippen molar-refractivity contribution in [3.63, 3.8) is 0 Å². The maximum atomic E-state index is 11.9. The SMILES string of the molecule is Cc1cccc(OCC(=O)Oc2ccc3ccc(=O)oc3c2)c1C. The Kier molecular flexibility index (Phi) is 4.33. The number of ether oxygens (including phenoxy) is 2. The molecule has 0 atom stereocenters. The molecule has 0 aliphatic heterocycles. The number of esters is 1. The third-order valence-electron chi connectivity index (χ3n) is 3.73. The molecule has 2 aromatic carbocycles. The quantitative estimate of drug-likeness (QED) is 0.418. The molecule has 0 radical (unpaired) electrons. The molecule has 0 N–H and O–H groups in total. The second-order valence-corrected chi connectivity index (χ2v) is 5.41. The molecule has 0 aliphatic rings. The van der Waals surface area contributed by atoms with Gasteiger partial charge in [-0.25, -0.2) is 9.59 Å². The van der Waals surface area contributed by atoms with E-state index in [0.29, 0.717) is 17.1 Å². The minimum absolute atomic E-state index is 0.207. The first-order chi connectivity index (χ1) is 11.5. The van der Waals surface area contributed by atoms with Crippen molar-refractivity contribution in [2.75, 3.05) is 6.61 Å². The highest BCUT2D eigenvalue weighted by Crippen LogP contribution is 2.21. The number of hydrogen-bond acceptors (Lipinski definition) is 5. The summed E-state index contributed by atoms with van der Waals surface area (Å²) in [6, 6.07) is 13.5. The monoisotopic (exact) mass is 324 g/mol. The van der Waals surface area contributed by atoms with E-state index in [9.17, 15) is 9.59 Å². The summed E-state index contributed by atoms with van der Waals surface area (Å²) in [5.41, 5.74) is 1.98. The van der Waals surface area contributed by atoms with E-state index in [4.69, 9.17) is 13.9 Å². The fourth-order valence-electron chi connectivity index (χ4n) is 2.28. The van der Waals surface area contributed by atoms with Gasteiger partial charge in [0.25, 0.3) is 0 Å². The second-order valence-electron chi connectivity index (χ2n) is 5.41. The van der Waals surface area contributed by atoms with Crippen LogP contribution in [-0.2, 0) is 4.79 Å². The summed E-state index contributed by atoms with van der Waals surface area (Å²) >= 11 is 0. The van der Waals surface area contributed by atoms with Gasteiger partial charge in [0, 0.05) is 17.5 Å². The first kappa shape index (κ1) is 15.8. The summed E-state index contributed by atoms with van der Waals surface area (Å²) in [5.74, 6) is 0.413. The van der Waals surface area contributed by atoms with Crippen molar-refractivity contribution in [2.45, 2.75) is 13.8 Å². The van der Waals surface area contributed by atoms with Crippen LogP contribution in [0.2, 0.25) is 0 Å². The van der Waals surface area contributed by atoms with E-state index in [1.807, 2.05) is 26.0 Å². The molecule has 24 heavy (non-hydrogen) atoms. The lowest BCUT2D eigenvalue weighted by atomic mass is 10.1. The average molecular weight is 324 g/mol. The number of hydrogen-bond donors (Lipinski definition) is 0. The van der Waals surface area contributed by atoms with E-state index < -0.39 is 11.6 Å². The van der Waals surface area contributed by atoms with Crippen LogP contribution in [0.1, 0.15) is 11.1 Å². The normalized spacial score (nSPS) is 10.6. The van der Waals surface area contributed by atoms with Crippen molar-refractivity contribution in [3.8, 4) is 11.5 Å². The van der Waals surface area contributed by atoms with Crippen molar-refractivity contribution < 1.29 is 18.7 Å². The van der Waals surface area contributed by atoms with Gasteiger partial charge in [0.05, 0.1) is 0 Å². The Labute approximate surface area is 138 Å². The molecule has 1 heterocycles. The van der Waals surface area contributed by atoms with Gasteiger partial charge in [-0.3, -0.25) is 0 Å². The molecule has 5 nitrogen and oxygen atoms in total. The molecule has 0 saturated heterocycles. The Hall–Kier alpha value is -3.08. The Morgan fingerprint density at radius 3 is 2.71 bits per heavy atom. The van der Waals surface area contributed by atoms with E-state index in [1.54, 1.807) is 24.3 Å². The van der Waals surface area contributed by atoms with Crippen LogP contribution in [0.5, 0.6) is 11.5 Å². The van der Waals surface area contributed by atoms with Crippen molar-refractivity contribution in [1.29, 1.82) is 0 Å². The van der Waals surface area contributed by atoms with Gasteiger partial charge in [-0.15, -0.1) is 0 Å². The first-order valence-electron chi connectivity index (χ1n) is 7.46.